The summed E-state index contributed by atoms with van der Waals surface area (Å²) in [4.78, 5) is 0. The van der Waals surface area contributed by atoms with Crippen molar-refractivity contribution in [1.29, 1.82) is 0 Å². The van der Waals surface area contributed by atoms with E-state index in [1.807, 2.05) is 26.0 Å². The van der Waals surface area contributed by atoms with Crippen LogP contribution in [0.15, 0.2) is 16.6 Å². The Labute approximate surface area is 123 Å². The van der Waals surface area contributed by atoms with E-state index in [0.29, 0.717) is 18.9 Å². The third-order valence-electron chi connectivity index (χ3n) is 2.89. The van der Waals surface area contributed by atoms with Crippen LogP contribution in [0.3, 0.4) is 0 Å². The molecule has 0 aliphatic heterocycles. The van der Waals surface area contributed by atoms with E-state index >= 15 is 0 Å². The molecule has 1 atom stereocenters. The third kappa shape index (κ3) is 4.67. The quantitative estimate of drug-likeness (QED) is 0.769. The molecule has 0 heterocycles. The van der Waals surface area contributed by atoms with Crippen LogP contribution in [0, 0.1) is 0 Å². The number of hydrogen-bond donors (Lipinski definition) is 2. The molecule has 0 aliphatic rings. The van der Waals surface area contributed by atoms with Gasteiger partial charge < -0.3 is 19.9 Å². The Morgan fingerprint density at radius 3 is 2.63 bits per heavy atom. The SMILES string of the molecule is CCOc1c(Br)cc(CNC(CC)CO)cc1OC. The molecule has 5 heteroatoms. The van der Waals surface area contributed by atoms with Crippen molar-refractivity contribution in [2.75, 3.05) is 20.3 Å². The van der Waals surface area contributed by atoms with E-state index in [9.17, 15) is 0 Å². The van der Waals surface area contributed by atoms with Gasteiger partial charge in [0, 0.05) is 12.6 Å². The molecule has 0 radical (unpaired) electrons. The number of halogens is 1. The first-order chi connectivity index (χ1) is 9.15. The summed E-state index contributed by atoms with van der Waals surface area (Å²) in [5.74, 6) is 1.44. The molecule has 1 aromatic carbocycles. The van der Waals surface area contributed by atoms with Crippen molar-refractivity contribution in [3.8, 4) is 11.5 Å². The summed E-state index contributed by atoms with van der Waals surface area (Å²) in [5.41, 5.74) is 1.08. The molecule has 1 unspecified atom stereocenters. The Bertz CT molecular complexity index is 395. The van der Waals surface area contributed by atoms with Crippen LogP contribution in [-0.2, 0) is 6.54 Å². The maximum atomic E-state index is 9.16. The van der Waals surface area contributed by atoms with Crippen LogP contribution < -0.4 is 14.8 Å². The van der Waals surface area contributed by atoms with Gasteiger partial charge in [-0.15, -0.1) is 0 Å². The number of ether oxygens (including phenoxy) is 2. The molecular weight excluding hydrogens is 310 g/mol. The van der Waals surface area contributed by atoms with Gasteiger partial charge in [0.15, 0.2) is 11.5 Å². The lowest BCUT2D eigenvalue weighted by Crippen LogP contribution is -2.31. The molecule has 4 nitrogen and oxygen atoms in total. The molecule has 19 heavy (non-hydrogen) atoms. The molecule has 0 saturated carbocycles. The molecule has 0 fully saturated rings. The van der Waals surface area contributed by atoms with Crippen molar-refractivity contribution in [2.45, 2.75) is 32.9 Å². The third-order valence-corrected chi connectivity index (χ3v) is 3.47. The minimum Gasteiger partial charge on any atom is -0.493 e. The molecule has 0 aromatic heterocycles. The standard InChI is InChI=1S/C14H22BrNO3/c1-4-11(9-17)16-8-10-6-12(15)14(19-5-2)13(7-10)18-3/h6-7,11,16-17H,4-5,8-9H2,1-3H3. The lowest BCUT2D eigenvalue weighted by molar-refractivity contribution is 0.238. The smallest absolute Gasteiger partial charge is 0.175 e. The van der Waals surface area contributed by atoms with Crippen molar-refractivity contribution in [2.24, 2.45) is 0 Å². The second-order valence-corrected chi connectivity index (χ2v) is 5.07. The Morgan fingerprint density at radius 2 is 2.11 bits per heavy atom. The molecule has 0 spiro atoms. The van der Waals surface area contributed by atoms with Gasteiger partial charge in [0.1, 0.15) is 0 Å². The number of benzene rings is 1. The Kier molecular flexibility index (Phi) is 7.20. The second kappa shape index (κ2) is 8.40. The zero-order chi connectivity index (χ0) is 14.3. The fourth-order valence-corrected chi connectivity index (χ4v) is 2.36. The minimum atomic E-state index is 0.122. The van der Waals surface area contributed by atoms with Crippen molar-refractivity contribution in [3.63, 3.8) is 0 Å². The Hall–Kier alpha value is -0.780. The number of methoxy groups -OCH3 is 1. The predicted molar refractivity (Wildman–Crippen MR) is 79.9 cm³/mol. The number of aliphatic hydroxyl groups excluding tert-OH is 1. The number of aliphatic hydroxyl groups is 1. The van der Waals surface area contributed by atoms with Crippen LogP contribution >= 0.6 is 15.9 Å². The highest BCUT2D eigenvalue weighted by Crippen LogP contribution is 2.36. The highest BCUT2D eigenvalue weighted by molar-refractivity contribution is 9.10. The maximum Gasteiger partial charge on any atom is 0.175 e. The molecule has 2 N–H and O–H groups in total. The summed E-state index contributed by atoms with van der Waals surface area (Å²) in [6, 6.07) is 4.08. The van der Waals surface area contributed by atoms with E-state index < -0.39 is 0 Å². The fourth-order valence-electron chi connectivity index (χ4n) is 1.76. The summed E-state index contributed by atoms with van der Waals surface area (Å²) in [6.07, 6.45) is 0.895. The van der Waals surface area contributed by atoms with E-state index in [0.717, 1.165) is 22.2 Å². The van der Waals surface area contributed by atoms with Crippen LogP contribution in [0.5, 0.6) is 11.5 Å². The van der Waals surface area contributed by atoms with Gasteiger partial charge in [-0.05, 0) is 47.0 Å². The van der Waals surface area contributed by atoms with Gasteiger partial charge in [0.2, 0.25) is 0 Å². The van der Waals surface area contributed by atoms with Gasteiger partial charge in [0.05, 0.1) is 24.8 Å². The lowest BCUT2D eigenvalue weighted by atomic mass is 10.1. The van der Waals surface area contributed by atoms with Crippen molar-refractivity contribution >= 4 is 15.9 Å². The first kappa shape index (κ1) is 16.3. The fraction of sp³-hybridized carbons (Fsp3) is 0.571. The van der Waals surface area contributed by atoms with Gasteiger partial charge in [0.25, 0.3) is 0 Å². The molecule has 1 aromatic rings. The number of hydrogen-bond acceptors (Lipinski definition) is 4. The zero-order valence-electron chi connectivity index (χ0n) is 11.7. The topological polar surface area (TPSA) is 50.7 Å². The van der Waals surface area contributed by atoms with E-state index in [1.54, 1.807) is 7.11 Å². The van der Waals surface area contributed by atoms with E-state index in [-0.39, 0.29) is 12.6 Å². The average molecular weight is 332 g/mol. The second-order valence-electron chi connectivity index (χ2n) is 4.21. The Morgan fingerprint density at radius 1 is 1.37 bits per heavy atom. The lowest BCUT2D eigenvalue weighted by Gasteiger charge is -2.16. The van der Waals surface area contributed by atoms with Crippen LogP contribution in [0.4, 0.5) is 0 Å². The van der Waals surface area contributed by atoms with Crippen molar-refractivity contribution < 1.29 is 14.6 Å². The summed E-state index contributed by atoms with van der Waals surface area (Å²) in [7, 11) is 1.63. The number of rotatable bonds is 8. The molecular formula is C14H22BrNO3. The predicted octanol–water partition coefficient (Wildman–Crippen LogP) is 2.72. The average Bonchev–Trinajstić information content (AvgIpc) is 2.42. The Balaban J connectivity index is 2.83. The normalized spacial score (nSPS) is 12.3. The minimum absolute atomic E-state index is 0.122. The van der Waals surface area contributed by atoms with Crippen LogP contribution in [0.1, 0.15) is 25.8 Å². The van der Waals surface area contributed by atoms with Crippen LogP contribution in [-0.4, -0.2) is 31.5 Å². The van der Waals surface area contributed by atoms with Gasteiger partial charge in [-0.2, -0.15) is 0 Å². The highest BCUT2D eigenvalue weighted by Gasteiger charge is 2.12. The number of nitrogens with one attached hydrogen (secondary N) is 1. The van der Waals surface area contributed by atoms with Gasteiger partial charge >= 0.3 is 0 Å². The molecule has 0 amide bonds. The molecule has 1 rings (SSSR count). The monoisotopic (exact) mass is 331 g/mol. The maximum absolute atomic E-state index is 9.16. The molecule has 0 saturated heterocycles. The van der Waals surface area contributed by atoms with E-state index in [2.05, 4.69) is 21.2 Å². The summed E-state index contributed by atoms with van der Waals surface area (Å²) < 4.78 is 11.8. The van der Waals surface area contributed by atoms with E-state index in [1.165, 1.54) is 0 Å². The van der Waals surface area contributed by atoms with Gasteiger partial charge in [-0.1, -0.05) is 6.92 Å². The van der Waals surface area contributed by atoms with Gasteiger partial charge in [-0.3, -0.25) is 0 Å². The molecule has 0 aliphatic carbocycles. The van der Waals surface area contributed by atoms with Gasteiger partial charge in [-0.25, -0.2) is 0 Å². The van der Waals surface area contributed by atoms with E-state index in [4.69, 9.17) is 14.6 Å². The van der Waals surface area contributed by atoms with Crippen LogP contribution in [0.2, 0.25) is 0 Å². The first-order valence-corrected chi connectivity index (χ1v) is 7.28. The highest BCUT2D eigenvalue weighted by atomic mass is 79.9. The molecule has 0 bridgehead atoms. The summed E-state index contributed by atoms with van der Waals surface area (Å²) >= 11 is 3.50. The summed E-state index contributed by atoms with van der Waals surface area (Å²) in [6.45, 7) is 5.40. The summed E-state index contributed by atoms with van der Waals surface area (Å²) in [5, 5.41) is 12.5. The van der Waals surface area contributed by atoms with Crippen LogP contribution in [0.25, 0.3) is 0 Å². The van der Waals surface area contributed by atoms with Crippen molar-refractivity contribution in [1.82, 2.24) is 5.32 Å². The largest absolute Gasteiger partial charge is 0.493 e. The first-order valence-electron chi connectivity index (χ1n) is 6.49. The molecule has 108 valence electrons. The van der Waals surface area contributed by atoms with Crippen molar-refractivity contribution in [3.05, 3.63) is 22.2 Å². The zero-order valence-corrected chi connectivity index (χ0v) is 13.3.